The number of aromatic nitrogens is 2. The first-order valence-corrected chi connectivity index (χ1v) is 23.6. The molecule has 2 N–H and O–H groups in total. The van der Waals surface area contributed by atoms with Crippen molar-refractivity contribution in [2.75, 3.05) is 27.2 Å². The molecule has 2 heterocycles. The van der Waals surface area contributed by atoms with Gasteiger partial charge in [0.25, 0.3) is 0 Å². The fourth-order valence-corrected chi connectivity index (χ4v) is 8.28. The van der Waals surface area contributed by atoms with E-state index in [0.717, 1.165) is 68.8 Å². The van der Waals surface area contributed by atoms with Crippen molar-refractivity contribution in [1.82, 2.24) is 18.9 Å². The van der Waals surface area contributed by atoms with Crippen molar-refractivity contribution in [3.8, 4) is 22.9 Å². The minimum atomic E-state index is -0.556. The van der Waals surface area contributed by atoms with Crippen LogP contribution in [0, 0.1) is 41.5 Å². The molecule has 0 aliphatic carbocycles. The molecule has 0 atom stereocenters. The summed E-state index contributed by atoms with van der Waals surface area (Å²) in [6.07, 6.45) is 0. The van der Waals surface area contributed by atoms with Crippen LogP contribution in [0.2, 0.25) is 0 Å². The van der Waals surface area contributed by atoms with E-state index in [1.807, 2.05) is 0 Å². The average molecular weight is 834 g/mol. The molecule has 8 aromatic rings. The summed E-state index contributed by atoms with van der Waals surface area (Å²) in [6.45, 7) is 15.3. The molecule has 6 nitrogen and oxygen atoms in total. The Morgan fingerprint density at radius 1 is 0.474 bits per heavy atom. The molecule has 8 rings (SSSR count). The van der Waals surface area contributed by atoms with Crippen molar-refractivity contribution in [3.63, 3.8) is 0 Å². The minimum absolute atomic E-state index is 0.280. The van der Waals surface area contributed by atoms with Crippen LogP contribution in [0.25, 0.3) is 55.0 Å². The molecule has 0 aliphatic heterocycles. The fourth-order valence-electron chi connectivity index (χ4n) is 8.28. The molecule has 0 fully saturated rings. The monoisotopic (exact) mass is 832 g/mol. The van der Waals surface area contributed by atoms with E-state index in [0.29, 0.717) is 13.1 Å². The van der Waals surface area contributed by atoms with Gasteiger partial charge in [-0.25, -0.2) is 0 Å². The van der Waals surface area contributed by atoms with Crippen LogP contribution < -0.4 is 0 Å². The van der Waals surface area contributed by atoms with E-state index in [2.05, 4.69) is 172 Å². The molecule has 2 aromatic heterocycles. The van der Waals surface area contributed by atoms with E-state index in [9.17, 15) is 10.2 Å². The first-order chi connectivity index (χ1) is 27.3. The molecule has 0 unspecified atom stereocenters. The molecule has 9 heteroatoms. The van der Waals surface area contributed by atoms with Crippen LogP contribution >= 0.6 is 18.6 Å². The van der Waals surface area contributed by atoms with Gasteiger partial charge >= 0.3 is 35.6 Å². The Hall–Kier alpha value is -4.27. The Morgan fingerprint density at radius 3 is 1.09 bits per heavy atom. The first kappa shape index (κ1) is 40.9. The third-order valence-corrected chi connectivity index (χ3v) is 10.9. The quantitative estimate of drug-likeness (QED) is 0.142. The molecule has 0 aliphatic rings. The summed E-state index contributed by atoms with van der Waals surface area (Å²) in [5.74, 6) is 0.560. The zero-order valence-electron chi connectivity index (χ0n) is 34.0. The number of aryl methyl sites for hydroxylation is 6. The summed E-state index contributed by atoms with van der Waals surface area (Å²) in [5.41, 5.74) is 14.5. The molecule has 0 bridgehead atoms. The van der Waals surface area contributed by atoms with E-state index in [1.165, 1.54) is 43.8 Å². The third kappa shape index (κ3) is 8.22. The summed E-state index contributed by atoms with van der Waals surface area (Å²) >= 11 is -0.556. The molecular formula is C48H50Cl2N4O2Ti. The first-order valence-electron chi connectivity index (χ1n) is 19.3. The molecule has 0 amide bonds. The van der Waals surface area contributed by atoms with Gasteiger partial charge in [-0.3, -0.25) is 4.90 Å². The van der Waals surface area contributed by atoms with Crippen molar-refractivity contribution in [2.45, 2.75) is 54.6 Å². The van der Waals surface area contributed by atoms with Crippen LogP contribution in [0.5, 0.6) is 11.5 Å². The van der Waals surface area contributed by atoms with Gasteiger partial charge in [-0.05, 0) is 125 Å². The number of phenols is 2. The Balaban J connectivity index is 0.00000160. The number of hydrogen-bond acceptors (Lipinski definition) is 4. The number of benzene rings is 6. The molecular weight excluding hydrogens is 783 g/mol. The molecule has 0 saturated carbocycles. The van der Waals surface area contributed by atoms with Crippen molar-refractivity contribution in [3.05, 3.63) is 142 Å². The van der Waals surface area contributed by atoms with Gasteiger partial charge in [0.1, 0.15) is 11.5 Å². The van der Waals surface area contributed by atoms with Gasteiger partial charge in [-0.1, -0.05) is 60.7 Å². The van der Waals surface area contributed by atoms with E-state index < -0.39 is 17.0 Å². The van der Waals surface area contributed by atoms with Gasteiger partial charge in [0.15, 0.2) is 0 Å². The molecule has 0 radical (unpaired) electrons. The second-order valence-corrected chi connectivity index (χ2v) is 18.5. The Labute approximate surface area is 352 Å². The summed E-state index contributed by atoms with van der Waals surface area (Å²) < 4.78 is 4.46. The van der Waals surface area contributed by atoms with Crippen LogP contribution in [-0.4, -0.2) is 56.3 Å². The average Bonchev–Trinajstić information content (AvgIpc) is 3.63. The van der Waals surface area contributed by atoms with Gasteiger partial charge in [0, 0.05) is 58.9 Å². The molecule has 0 saturated heterocycles. The second kappa shape index (κ2) is 16.9. The fraction of sp³-hybridized carbons (Fsp3) is 0.250. The summed E-state index contributed by atoms with van der Waals surface area (Å²) in [6, 6.07) is 34.7. The maximum atomic E-state index is 12.2. The van der Waals surface area contributed by atoms with Crippen LogP contribution in [-0.2, 0) is 30.1 Å². The number of nitrogens with zero attached hydrogens (tertiary/aromatic N) is 4. The van der Waals surface area contributed by atoms with Gasteiger partial charge in [0.2, 0.25) is 0 Å². The number of likely N-dealkylation sites (N-methyl/N-ethyl adjacent to an activating group) is 1. The zero-order chi connectivity index (χ0) is 40.7. The van der Waals surface area contributed by atoms with Gasteiger partial charge < -0.3 is 24.2 Å². The van der Waals surface area contributed by atoms with Crippen molar-refractivity contribution >= 4 is 62.2 Å². The summed E-state index contributed by atoms with van der Waals surface area (Å²) in [4.78, 5) is 4.53. The number of fused-ring (bicyclic) bond motifs is 6. The molecule has 292 valence electrons. The number of hydrogen-bond donors (Lipinski definition) is 2. The number of aromatic hydroxyl groups is 2. The van der Waals surface area contributed by atoms with E-state index >= 15 is 0 Å². The standard InChI is InChI=1S/C48H50N4O2.2ClH.Ti/c1-29-9-13-37-38-14-10-30(2)22-42(38)51(41(37)21-29)45-25-33(5)19-35(47(45)53)27-50(18-17-49(7)8)28-36-20-34(6)26-46(48(36)54)52-43-23-31(3)11-15-39(43)40-16-12-32(4)24-44(40)52;;;/h9-16,19-26,53-54H,17-18,27-28H2,1-8H3;2*1H;/q;;;+2/p-2. The van der Waals surface area contributed by atoms with E-state index in [1.54, 1.807) is 0 Å². The van der Waals surface area contributed by atoms with E-state index in [4.69, 9.17) is 18.6 Å². The van der Waals surface area contributed by atoms with E-state index in [-0.39, 0.29) is 11.5 Å². The predicted molar refractivity (Wildman–Crippen MR) is 238 cm³/mol. The third-order valence-electron chi connectivity index (χ3n) is 10.9. The van der Waals surface area contributed by atoms with Crippen molar-refractivity contribution in [2.24, 2.45) is 0 Å². The zero-order valence-corrected chi connectivity index (χ0v) is 37.1. The van der Waals surface area contributed by atoms with Crippen LogP contribution in [0.3, 0.4) is 0 Å². The topological polar surface area (TPSA) is 56.8 Å². The summed E-state index contributed by atoms with van der Waals surface area (Å²) in [7, 11) is 13.9. The van der Waals surface area contributed by atoms with Crippen LogP contribution in [0.15, 0.2) is 97.1 Å². The maximum absolute atomic E-state index is 12.2. The number of rotatable bonds is 9. The number of halogens is 2. The molecule has 6 aromatic carbocycles. The SMILES string of the molecule is Cc1cc(CN(CCN(C)C)Cc2cc(C)cc(-n3c4cc(C)ccc4c4ccc(C)cc43)c2O)c(O)c(-n2c3cc(C)ccc3c3ccc(C)cc32)c1.[Cl][Ti][Cl]. The summed E-state index contributed by atoms with van der Waals surface area (Å²) in [5, 5.41) is 29.2. The Kier molecular flexibility index (Phi) is 12.1. The van der Waals surface area contributed by atoms with Gasteiger partial charge in [-0.2, -0.15) is 0 Å². The van der Waals surface area contributed by atoms with Crippen molar-refractivity contribution in [1.29, 1.82) is 0 Å². The molecule has 0 spiro atoms. The Bertz CT molecular complexity index is 2490. The van der Waals surface area contributed by atoms with Crippen molar-refractivity contribution < 1.29 is 27.2 Å². The van der Waals surface area contributed by atoms with Gasteiger partial charge in [0.05, 0.1) is 33.4 Å². The number of phenolic OH excluding ortho intramolecular Hbond substituents is 2. The second-order valence-electron chi connectivity index (χ2n) is 15.9. The normalized spacial score (nSPS) is 11.7. The predicted octanol–water partition coefficient (Wildman–Crippen LogP) is 12.1. The molecule has 57 heavy (non-hydrogen) atoms. The van der Waals surface area contributed by atoms with Gasteiger partial charge in [-0.15, -0.1) is 0 Å². The Morgan fingerprint density at radius 2 is 0.789 bits per heavy atom. The van der Waals surface area contributed by atoms with Crippen LogP contribution in [0.1, 0.15) is 44.5 Å². The van der Waals surface area contributed by atoms with Crippen LogP contribution in [0.4, 0.5) is 0 Å².